The van der Waals surface area contributed by atoms with E-state index in [2.05, 4.69) is 5.32 Å². The molecule has 0 bridgehead atoms. The minimum atomic E-state index is 0.0490. The molecule has 0 aliphatic heterocycles. The molecule has 1 rings (SSSR count). The van der Waals surface area contributed by atoms with Gasteiger partial charge in [0.05, 0.1) is 5.56 Å². The Balaban J connectivity index is 2.75. The lowest BCUT2D eigenvalue weighted by atomic mass is 10.1. The largest absolute Gasteiger partial charge is 0.466 e. The summed E-state index contributed by atoms with van der Waals surface area (Å²) in [5, 5.41) is 3.07. The van der Waals surface area contributed by atoms with Gasteiger partial charge in [-0.1, -0.05) is 0 Å². The van der Waals surface area contributed by atoms with Crippen LogP contribution in [0.15, 0.2) is 4.42 Å². The minimum Gasteiger partial charge on any atom is -0.466 e. The Morgan fingerprint density at radius 1 is 1.29 bits per heavy atom. The molecule has 0 spiro atoms. The van der Waals surface area contributed by atoms with Crippen LogP contribution >= 0.6 is 0 Å². The van der Waals surface area contributed by atoms with E-state index in [0.29, 0.717) is 5.76 Å². The monoisotopic (exact) mass is 238 g/mol. The zero-order valence-electron chi connectivity index (χ0n) is 11.4. The van der Waals surface area contributed by atoms with E-state index in [0.717, 1.165) is 36.4 Å². The average molecular weight is 238 g/mol. The van der Waals surface area contributed by atoms with E-state index in [9.17, 15) is 4.79 Å². The molecular weight excluding hydrogens is 216 g/mol. The molecule has 4 heteroatoms. The molecule has 0 saturated carbocycles. The second kappa shape index (κ2) is 5.87. The number of nitrogens with zero attached hydrogens (tertiary/aromatic N) is 1. The smallest absolute Gasteiger partial charge is 0.257 e. The van der Waals surface area contributed by atoms with E-state index in [1.165, 1.54) is 0 Å². The number of rotatable bonds is 5. The summed E-state index contributed by atoms with van der Waals surface area (Å²) in [5.41, 5.74) is 1.67. The van der Waals surface area contributed by atoms with E-state index in [-0.39, 0.29) is 5.91 Å². The van der Waals surface area contributed by atoms with Crippen molar-refractivity contribution in [2.45, 2.75) is 27.2 Å². The highest BCUT2D eigenvalue weighted by Crippen LogP contribution is 2.21. The number of aryl methyl sites for hydroxylation is 2. The molecular formula is C13H22N2O2. The predicted molar refractivity (Wildman–Crippen MR) is 68.4 cm³/mol. The molecule has 0 atom stereocenters. The third-order valence-corrected chi connectivity index (χ3v) is 3.04. The van der Waals surface area contributed by atoms with Crippen LogP contribution in [0.5, 0.6) is 0 Å². The molecule has 0 aliphatic carbocycles. The van der Waals surface area contributed by atoms with Crippen molar-refractivity contribution in [3.63, 3.8) is 0 Å². The zero-order valence-corrected chi connectivity index (χ0v) is 11.4. The van der Waals surface area contributed by atoms with Gasteiger partial charge >= 0.3 is 0 Å². The summed E-state index contributed by atoms with van der Waals surface area (Å²) < 4.78 is 5.48. The maximum atomic E-state index is 12.2. The standard InChI is InChI=1S/C13H22N2O2/c1-9-10(2)17-11(3)12(9)13(16)15(5)8-6-7-14-4/h14H,6-8H2,1-5H3. The van der Waals surface area contributed by atoms with Crippen LogP contribution in [-0.4, -0.2) is 38.0 Å². The Bertz CT molecular complexity index is 396. The first kappa shape index (κ1) is 13.8. The topological polar surface area (TPSA) is 45.5 Å². The highest BCUT2D eigenvalue weighted by Gasteiger charge is 2.21. The maximum Gasteiger partial charge on any atom is 0.257 e. The second-order valence-electron chi connectivity index (χ2n) is 4.40. The van der Waals surface area contributed by atoms with E-state index in [1.807, 2.05) is 34.9 Å². The van der Waals surface area contributed by atoms with Crippen LogP contribution in [0.4, 0.5) is 0 Å². The number of nitrogens with one attached hydrogen (secondary N) is 1. The van der Waals surface area contributed by atoms with Crippen molar-refractivity contribution in [1.29, 1.82) is 0 Å². The van der Waals surface area contributed by atoms with Crippen LogP contribution in [0, 0.1) is 20.8 Å². The third kappa shape index (κ3) is 3.09. The quantitative estimate of drug-likeness (QED) is 0.797. The molecule has 0 radical (unpaired) electrons. The van der Waals surface area contributed by atoms with E-state index in [1.54, 1.807) is 4.90 Å². The number of hydrogen-bond donors (Lipinski definition) is 1. The van der Waals surface area contributed by atoms with Crippen molar-refractivity contribution < 1.29 is 9.21 Å². The molecule has 4 nitrogen and oxygen atoms in total. The second-order valence-corrected chi connectivity index (χ2v) is 4.40. The number of amides is 1. The Morgan fingerprint density at radius 2 is 1.94 bits per heavy atom. The summed E-state index contributed by atoms with van der Waals surface area (Å²) in [4.78, 5) is 14.0. The van der Waals surface area contributed by atoms with Crippen LogP contribution in [0.1, 0.15) is 33.9 Å². The van der Waals surface area contributed by atoms with Crippen molar-refractivity contribution in [2.24, 2.45) is 0 Å². The molecule has 96 valence electrons. The van der Waals surface area contributed by atoms with Gasteiger partial charge in [-0.15, -0.1) is 0 Å². The molecule has 1 N–H and O–H groups in total. The Labute approximate surface area is 103 Å². The molecule has 1 aromatic rings. The predicted octanol–water partition coefficient (Wildman–Crippen LogP) is 1.89. The van der Waals surface area contributed by atoms with Crippen LogP contribution < -0.4 is 5.32 Å². The average Bonchev–Trinajstić information content (AvgIpc) is 2.52. The lowest BCUT2D eigenvalue weighted by Gasteiger charge is -2.17. The molecule has 1 amide bonds. The van der Waals surface area contributed by atoms with E-state index < -0.39 is 0 Å². The molecule has 1 aromatic heterocycles. The molecule has 0 fully saturated rings. The van der Waals surface area contributed by atoms with Crippen LogP contribution in [0.25, 0.3) is 0 Å². The van der Waals surface area contributed by atoms with Gasteiger partial charge in [0.1, 0.15) is 11.5 Å². The van der Waals surface area contributed by atoms with Gasteiger partial charge in [-0.2, -0.15) is 0 Å². The van der Waals surface area contributed by atoms with Gasteiger partial charge < -0.3 is 14.6 Å². The fourth-order valence-electron chi connectivity index (χ4n) is 1.89. The van der Waals surface area contributed by atoms with Gasteiger partial charge in [0.15, 0.2) is 0 Å². The van der Waals surface area contributed by atoms with Crippen molar-refractivity contribution in [2.75, 3.05) is 27.2 Å². The van der Waals surface area contributed by atoms with Crippen LogP contribution in [0.3, 0.4) is 0 Å². The number of furan rings is 1. The summed E-state index contributed by atoms with van der Waals surface area (Å²) in [5.74, 6) is 1.59. The van der Waals surface area contributed by atoms with Gasteiger partial charge in [0, 0.05) is 19.2 Å². The summed E-state index contributed by atoms with van der Waals surface area (Å²) >= 11 is 0. The van der Waals surface area contributed by atoms with Gasteiger partial charge in [-0.25, -0.2) is 0 Å². The first-order valence-corrected chi connectivity index (χ1v) is 5.95. The van der Waals surface area contributed by atoms with Crippen LogP contribution in [0.2, 0.25) is 0 Å². The van der Waals surface area contributed by atoms with E-state index in [4.69, 9.17) is 4.42 Å². The van der Waals surface area contributed by atoms with Crippen molar-refractivity contribution >= 4 is 5.91 Å². The van der Waals surface area contributed by atoms with Gasteiger partial charge in [0.2, 0.25) is 0 Å². The fourth-order valence-corrected chi connectivity index (χ4v) is 1.89. The first-order chi connectivity index (χ1) is 7.99. The lowest BCUT2D eigenvalue weighted by molar-refractivity contribution is 0.0791. The summed E-state index contributed by atoms with van der Waals surface area (Å²) in [6, 6.07) is 0. The lowest BCUT2D eigenvalue weighted by Crippen LogP contribution is -2.30. The first-order valence-electron chi connectivity index (χ1n) is 5.95. The number of carbonyl (C=O) groups excluding carboxylic acids is 1. The van der Waals surface area contributed by atoms with Crippen molar-refractivity contribution in [3.05, 3.63) is 22.6 Å². The Kier molecular flexibility index (Phi) is 4.75. The molecule has 0 aliphatic rings. The van der Waals surface area contributed by atoms with Gasteiger partial charge in [0.25, 0.3) is 5.91 Å². The highest BCUT2D eigenvalue weighted by atomic mass is 16.3. The maximum absolute atomic E-state index is 12.2. The molecule has 17 heavy (non-hydrogen) atoms. The molecule has 1 heterocycles. The van der Waals surface area contributed by atoms with Crippen molar-refractivity contribution in [3.8, 4) is 0 Å². The van der Waals surface area contributed by atoms with E-state index >= 15 is 0 Å². The number of hydrogen-bond acceptors (Lipinski definition) is 3. The molecule has 0 saturated heterocycles. The van der Waals surface area contributed by atoms with Crippen LogP contribution in [-0.2, 0) is 0 Å². The Hall–Kier alpha value is -1.29. The van der Waals surface area contributed by atoms with Gasteiger partial charge in [-0.05, 0) is 40.8 Å². The molecule has 0 aromatic carbocycles. The SMILES string of the molecule is CNCCCN(C)C(=O)c1c(C)oc(C)c1C. The summed E-state index contributed by atoms with van der Waals surface area (Å²) in [7, 11) is 3.74. The fraction of sp³-hybridized carbons (Fsp3) is 0.615. The Morgan fingerprint density at radius 3 is 2.41 bits per heavy atom. The third-order valence-electron chi connectivity index (χ3n) is 3.04. The van der Waals surface area contributed by atoms with Crippen molar-refractivity contribution in [1.82, 2.24) is 10.2 Å². The summed E-state index contributed by atoms with van der Waals surface area (Å²) in [6.07, 6.45) is 0.952. The number of carbonyl (C=O) groups is 1. The molecule has 0 unspecified atom stereocenters. The summed E-state index contributed by atoms with van der Waals surface area (Å²) in [6.45, 7) is 7.33. The minimum absolute atomic E-state index is 0.0490. The highest BCUT2D eigenvalue weighted by molar-refractivity contribution is 5.96. The van der Waals surface area contributed by atoms with Gasteiger partial charge in [-0.3, -0.25) is 4.79 Å². The zero-order chi connectivity index (χ0) is 13.0. The normalized spacial score (nSPS) is 10.6.